The summed E-state index contributed by atoms with van der Waals surface area (Å²) < 4.78 is 4.15. The minimum absolute atomic E-state index is 0.712. The summed E-state index contributed by atoms with van der Waals surface area (Å²) in [5.41, 5.74) is 2.32. The number of fused-ring (bicyclic) bond motifs is 1. The van der Waals surface area contributed by atoms with Crippen LogP contribution >= 0.6 is 28.1 Å². The van der Waals surface area contributed by atoms with Crippen LogP contribution in [0.5, 0.6) is 0 Å². The van der Waals surface area contributed by atoms with Gasteiger partial charge in [-0.1, -0.05) is 15.9 Å². The third-order valence-corrected chi connectivity index (χ3v) is 4.48. The maximum atomic E-state index is 5.44. The molecule has 1 aromatic heterocycles. The Morgan fingerprint density at radius 3 is 3.06 bits per heavy atom. The van der Waals surface area contributed by atoms with E-state index >= 15 is 0 Å². The van der Waals surface area contributed by atoms with Crippen molar-refractivity contribution in [1.82, 2.24) is 14.5 Å². The predicted octanol–water partition coefficient (Wildman–Crippen LogP) is 3.41. The van der Waals surface area contributed by atoms with Crippen LogP contribution in [0.3, 0.4) is 0 Å². The molecule has 1 saturated heterocycles. The molecular weight excluding hydrogens is 310 g/mol. The molecule has 3 rings (SSSR count). The Hall–Kier alpha value is -0.650. The van der Waals surface area contributed by atoms with Crippen LogP contribution < -0.4 is 0 Å². The topological polar surface area (TPSA) is 24.0 Å². The summed E-state index contributed by atoms with van der Waals surface area (Å²) in [6.07, 6.45) is 1.27. The van der Waals surface area contributed by atoms with E-state index in [0.717, 1.165) is 21.3 Å². The van der Waals surface area contributed by atoms with Gasteiger partial charge in [0.2, 0.25) is 0 Å². The molecule has 1 aliphatic heterocycles. The first-order valence-corrected chi connectivity index (χ1v) is 7.40. The number of aromatic nitrogens is 2. The number of rotatable bonds is 2. The number of halogens is 1. The summed E-state index contributed by atoms with van der Waals surface area (Å²) in [7, 11) is 2.19. The largest absolute Gasteiger partial charge is 0.331 e. The maximum absolute atomic E-state index is 5.44. The predicted molar refractivity (Wildman–Crippen MR) is 80.4 cm³/mol. The van der Waals surface area contributed by atoms with Gasteiger partial charge < -0.3 is 14.5 Å². The monoisotopic (exact) mass is 325 g/mol. The Morgan fingerprint density at radius 2 is 2.33 bits per heavy atom. The van der Waals surface area contributed by atoms with E-state index in [0.29, 0.717) is 5.92 Å². The highest BCUT2D eigenvalue weighted by molar-refractivity contribution is 9.10. The van der Waals surface area contributed by atoms with Crippen LogP contribution in [-0.2, 0) is 6.54 Å². The van der Waals surface area contributed by atoms with Gasteiger partial charge in [0.25, 0.3) is 0 Å². The SMILES string of the molecule is CN1CCC(Cn2c(=S)[nH]c3cc(Br)ccc32)C1. The molecule has 0 bridgehead atoms. The molecule has 2 heterocycles. The quantitative estimate of drug-likeness (QED) is 0.855. The summed E-state index contributed by atoms with van der Waals surface area (Å²) in [6.45, 7) is 3.39. The standard InChI is InChI=1S/C13H16BrN3S/c1-16-5-4-9(7-16)8-17-12-3-2-10(14)6-11(12)15-13(17)18/h2-3,6,9H,4-5,7-8H2,1H3,(H,15,18). The number of H-pyrrole nitrogens is 1. The van der Waals surface area contributed by atoms with E-state index in [2.05, 4.69) is 55.6 Å². The van der Waals surface area contributed by atoms with Gasteiger partial charge in [0.15, 0.2) is 4.77 Å². The molecule has 1 unspecified atom stereocenters. The Morgan fingerprint density at radius 1 is 1.50 bits per heavy atom. The lowest BCUT2D eigenvalue weighted by Gasteiger charge is -2.12. The zero-order chi connectivity index (χ0) is 12.7. The average Bonchev–Trinajstić information content (AvgIpc) is 2.84. The summed E-state index contributed by atoms with van der Waals surface area (Å²) >= 11 is 8.93. The third-order valence-electron chi connectivity index (χ3n) is 3.67. The second kappa shape index (κ2) is 4.79. The molecule has 0 amide bonds. The number of nitrogens with zero attached hydrogens (tertiary/aromatic N) is 2. The van der Waals surface area contributed by atoms with E-state index in [9.17, 15) is 0 Å². The summed E-state index contributed by atoms with van der Waals surface area (Å²) in [6, 6.07) is 6.29. The van der Waals surface area contributed by atoms with Crippen molar-refractivity contribution < 1.29 is 0 Å². The van der Waals surface area contributed by atoms with Crippen molar-refractivity contribution >= 4 is 39.2 Å². The van der Waals surface area contributed by atoms with Crippen LogP contribution in [0.1, 0.15) is 6.42 Å². The Labute approximate surface area is 120 Å². The van der Waals surface area contributed by atoms with Crippen LogP contribution in [0.2, 0.25) is 0 Å². The third kappa shape index (κ3) is 2.27. The highest BCUT2D eigenvalue weighted by Gasteiger charge is 2.20. The molecule has 2 aromatic rings. The molecule has 0 radical (unpaired) electrons. The van der Waals surface area contributed by atoms with Gasteiger partial charge in [-0.3, -0.25) is 0 Å². The van der Waals surface area contributed by atoms with E-state index in [1.54, 1.807) is 0 Å². The van der Waals surface area contributed by atoms with Crippen LogP contribution in [-0.4, -0.2) is 34.6 Å². The highest BCUT2D eigenvalue weighted by atomic mass is 79.9. The van der Waals surface area contributed by atoms with Crippen molar-refractivity contribution in [2.45, 2.75) is 13.0 Å². The van der Waals surface area contributed by atoms with Gasteiger partial charge in [-0.25, -0.2) is 0 Å². The molecule has 1 N–H and O–H groups in total. The zero-order valence-electron chi connectivity index (χ0n) is 10.3. The number of likely N-dealkylation sites (tertiary alicyclic amines) is 1. The summed E-state index contributed by atoms with van der Waals surface area (Å²) in [5, 5.41) is 0. The lowest BCUT2D eigenvalue weighted by Crippen LogP contribution is -2.17. The fourth-order valence-electron chi connectivity index (χ4n) is 2.75. The molecule has 3 nitrogen and oxygen atoms in total. The van der Waals surface area contributed by atoms with E-state index in [4.69, 9.17) is 12.2 Å². The lowest BCUT2D eigenvalue weighted by atomic mass is 10.1. The van der Waals surface area contributed by atoms with E-state index in [-0.39, 0.29) is 0 Å². The first kappa shape index (κ1) is 12.4. The smallest absolute Gasteiger partial charge is 0.178 e. The zero-order valence-corrected chi connectivity index (χ0v) is 12.7. The molecule has 0 saturated carbocycles. The van der Waals surface area contributed by atoms with Gasteiger partial charge in [-0.15, -0.1) is 0 Å². The molecule has 0 spiro atoms. The number of aromatic amines is 1. The highest BCUT2D eigenvalue weighted by Crippen LogP contribution is 2.23. The minimum atomic E-state index is 0.712. The second-order valence-corrected chi connectivity index (χ2v) is 6.42. The number of hydrogen-bond donors (Lipinski definition) is 1. The second-order valence-electron chi connectivity index (χ2n) is 5.12. The number of hydrogen-bond acceptors (Lipinski definition) is 2. The fraction of sp³-hybridized carbons (Fsp3) is 0.462. The molecule has 1 atom stereocenters. The first-order valence-electron chi connectivity index (χ1n) is 6.20. The van der Waals surface area contributed by atoms with Gasteiger partial charge in [-0.05, 0) is 56.3 Å². The van der Waals surface area contributed by atoms with Crippen LogP contribution in [0.25, 0.3) is 11.0 Å². The molecule has 1 fully saturated rings. The van der Waals surface area contributed by atoms with E-state index in [1.807, 2.05) is 0 Å². The molecule has 0 aliphatic carbocycles. The minimum Gasteiger partial charge on any atom is -0.331 e. The van der Waals surface area contributed by atoms with Crippen molar-refractivity contribution in [1.29, 1.82) is 0 Å². The van der Waals surface area contributed by atoms with Crippen molar-refractivity contribution in [2.75, 3.05) is 20.1 Å². The van der Waals surface area contributed by atoms with E-state index < -0.39 is 0 Å². The Kier molecular flexibility index (Phi) is 3.30. The Balaban J connectivity index is 1.96. The molecule has 1 aliphatic rings. The fourth-order valence-corrected chi connectivity index (χ4v) is 3.39. The molecule has 5 heteroatoms. The van der Waals surface area contributed by atoms with Gasteiger partial charge in [0, 0.05) is 17.6 Å². The van der Waals surface area contributed by atoms with Crippen LogP contribution in [0, 0.1) is 10.7 Å². The van der Waals surface area contributed by atoms with Crippen molar-refractivity contribution in [3.63, 3.8) is 0 Å². The van der Waals surface area contributed by atoms with Crippen LogP contribution in [0.4, 0.5) is 0 Å². The van der Waals surface area contributed by atoms with Crippen molar-refractivity contribution in [3.8, 4) is 0 Å². The lowest BCUT2D eigenvalue weighted by molar-refractivity contribution is 0.379. The average molecular weight is 326 g/mol. The molecule has 18 heavy (non-hydrogen) atoms. The van der Waals surface area contributed by atoms with Crippen molar-refractivity contribution in [2.24, 2.45) is 5.92 Å². The normalized spacial score (nSPS) is 20.9. The number of benzene rings is 1. The summed E-state index contributed by atoms with van der Waals surface area (Å²) in [5.74, 6) is 0.712. The number of nitrogens with one attached hydrogen (secondary N) is 1. The Bertz CT molecular complexity index is 631. The van der Waals surface area contributed by atoms with Crippen LogP contribution in [0.15, 0.2) is 22.7 Å². The van der Waals surface area contributed by atoms with Gasteiger partial charge in [0.1, 0.15) is 0 Å². The molecule has 1 aromatic carbocycles. The molecular formula is C13H16BrN3S. The number of imidazole rings is 1. The van der Waals surface area contributed by atoms with Crippen molar-refractivity contribution in [3.05, 3.63) is 27.4 Å². The maximum Gasteiger partial charge on any atom is 0.178 e. The first-order chi connectivity index (χ1) is 8.63. The summed E-state index contributed by atoms with van der Waals surface area (Å²) in [4.78, 5) is 5.68. The molecule has 96 valence electrons. The van der Waals surface area contributed by atoms with Gasteiger partial charge in [-0.2, -0.15) is 0 Å². The van der Waals surface area contributed by atoms with E-state index in [1.165, 1.54) is 25.0 Å². The van der Waals surface area contributed by atoms with Gasteiger partial charge in [0.05, 0.1) is 11.0 Å². The van der Waals surface area contributed by atoms with Gasteiger partial charge >= 0.3 is 0 Å².